The molecule has 0 heterocycles. The molecule has 0 aromatic heterocycles. The van der Waals surface area contributed by atoms with Crippen LogP contribution in [0.25, 0.3) is 0 Å². The molecule has 0 spiro atoms. The minimum atomic E-state index is -0.612. The molecule has 0 aliphatic carbocycles. The third kappa shape index (κ3) is 5.00. The van der Waals surface area contributed by atoms with Crippen molar-refractivity contribution in [3.8, 4) is 0 Å². The highest BCUT2D eigenvalue weighted by Crippen LogP contribution is 2.23. The number of benzene rings is 1. The highest BCUT2D eigenvalue weighted by molar-refractivity contribution is 6.34. The highest BCUT2D eigenvalue weighted by atomic mass is 35.5. The molecule has 0 saturated carbocycles. The number of hydrogen-bond acceptors (Lipinski definition) is 4. The number of nitrogens with zero attached hydrogens (tertiary/aromatic N) is 2. The van der Waals surface area contributed by atoms with E-state index in [1.165, 1.54) is 19.2 Å². The van der Waals surface area contributed by atoms with Gasteiger partial charge in [0.2, 0.25) is 5.91 Å². The van der Waals surface area contributed by atoms with Gasteiger partial charge in [0.1, 0.15) is 0 Å². The number of amides is 2. The van der Waals surface area contributed by atoms with Gasteiger partial charge in [-0.1, -0.05) is 11.6 Å². The molecule has 2 amide bonds. The van der Waals surface area contributed by atoms with E-state index in [1.807, 2.05) is 20.8 Å². The number of hydrogen-bond donors (Lipinski definition) is 1. The summed E-state index contributed by atoms with van der Waals surface area (Å²) in [5.41, 5.74) is -0.660. The van der Waals surface area contributed by atoms with Crippen molar-refractivity contribution in [3.05, 3.63) is 38.9 Å². The Kier molecular flexibility index (Phi) is 5.48. The van der Waals surface area contributed by atoms with Gasteiger partial charge in [-0.05, 0) is 26.8 Å². The largest absolute Gasteiger partial charge is 0.350 e. The Morgan fingerprint density at radius 2 is 1.95 bits per heavy atom. The first-order chi connectivity index (χ1) is 10.0. The third-order valence-corrected chi connectivity index (χ3v) is 2.96. The minimum Gasteiger partial charge on any atom is -0.350 e. The Bertz CT molecular complexity index is 611. The average Bonchev–Trinajstić information content (AvgIpc) is 2.35. The van der Waals surface area contributed by atoms with Crippen LogP contribution in [0.5, 0.6) is 0 Å². The second kappa shape index (κ2) is 6.74. The number of nitro benzene ring substituents is 1. The number of nitro groups is 1. The van der Waals surface area contributed by atoms with Crippen LogP contribution in [-0.4, -0.2) is 40.8 Å². The van der Waals surface area contributed by atoms with Crippen LogP contribution in [0.3, 0.4) is 0 Å². The zero-order chi connectivity index (χ0) is 17.1. The molecule has 0 unspecified atom stereocenters. The number of non-ortho nitro benzene ring substituents is 1. The van der Waals surface area contributed by atoms with E-state index in [4.69, 9.17) is 11.6 Å². The first kappa shape index (κ1) is 17.9. The standard InChI is InChI=1S/C14H18ClN3O4/c1-14(2,3)16-12(19)8-17(4)13(20)10-7-9(18(21)22)5-6-11(10)15/h5-7H,8H2,1-4H3,(H,16,19). The van der Waals surface area contributed by atoms with Crippen molar-refractivity contribution in [2.75, 3.05) is 13.6 Å². The molecule has 0 bridgehead atoms. The maximum atomic E-state index is 12.3. The van der Waals surface area contributed by atoms with Crippen LogP contribution in [0.1, 0.15) is 31.1 Å². The maximum Gasteiger partial charge on any atom is 0.270 e. The summed E-state index contributed by atoms with van der Waals surface area (Å²) in [5.74, 6) is -0.886. The quantitative estimate of drug-likeness (QED) is 0.678. The van der Waals surface area contributed by atoms with Gasteiger partial charge >= 0.3 is 0 Å². The lowest BCUT2D eigenvalue weighted by Gasteiger charge is -2.23. The molecular weight excluding hydrogens is 310 g/mol. The van der Waals surface area contributed by atoms with Crippen molar-refractivity contribution in [1.82, 2.24) is 10.2 Å². The van der Waals surface area contributed by atoms with Crippen LogP contribution < -0.4 is 5.32 Å². The van der Waals surface area contributed by atoms with Gasteiger partial charge in [-0.25, -0.2) is 0 Å². The third-order valence-electron chi connectivity index (χ3n) is 2.63. The minimum absolute atomic E-state index is 0.0121. The smallest absolute Gasteiger partial charge is 0.270 e. The molecule has 8 heteroatoms. The van der Waals surface area contributed by atoms with Crippen molar-refractivity contribution >= 4 is 29.1 Å². The lowest BCUT2D eigenvalue weighted by molar-refractivity contribution is -0.384. The van der Waals surface area contributed by atoms with Crippen molar-refractivity contribution < 1.29 is 14.5 Å². The van der Waals surface area contributed by atoms with Gasteiger partial charge < -0.3 is 10.2 Å². The number of carbonyl (C=O) groups is 2. The van der Waals surface area contributed by atoms with E-state index in [1.54, 1.807) is 0 Å². The predicted molar refractivity (Wildman–Crippen MR) is 83.0 cm³/mol. The topological polar surface area (TPSA) is 92.6 Å². The molecule has 0 aliphatic heterocycles. The van der Waals surface area contributed by atoms with Gasteiger partial charge in [0.15, 0.2) is 0 Å². The first-order valence-electron chi connectivity index (χ1n) is 6.51. The fraction of sp³-hybridized carbons (Fsp3) is 0.429. The fourth-order valence-corrected chi connectivity index (χ4v) is 1.94. The van der Waals surface area contributed by atoms with Gasteiger partial charge in [-0.3, -0.25) is 19.7 Å². The highest BCUT2D eigenvalue weighted by Gasteiger charge is 2.22. The zero-order valence-corrected chi connectivity index (χ0v) is 13.6. The monoisotopic (exact) mass is 327 g/mol. The Morgan fingerprint density at radius 3 is 2.45 bits per heavy atom. The van der Waals surface area contributed by atoms with E-state index in [2.05, 4.69) is 5.32 Å². The lowest BCUT2D eigenvalue weighted by atomic mass is 10.1. The number of halogens is 1. The van der Waals surface area contributed by atoms with E-state index in [9.17, 15) is 19.7 Å². The molecule has 1 aromatic carbocycles. The molecule has 0 radical (unpaired) electrons. The van der Waals surface area contributed by atoms with Crippen molar-refractivity contribution in [1.29, 1.82) is 0 Å². The lowest BCUT2D eigenvalue weighted by Crippen LogP contribution is -2.46. The Balaban J connectivity index is 2.89. The first-order valence-corrected chi connectivity index (χ1v) is 6.89. The van der Waals surface area contributed by atoms with Crippen LogP contribution in [0.15, 0.2) is 18.2 Å². The summed E-state index contributed by atoms with van der Waals surface area (Å²) in [4.78, 5) is 35.4. The van der Waals surface area contributed by atoms with E-state index < -0.39 is 16.4 Å². The summed E-state index contributed by atoms with van der Waals surface area (Å²) >= 11 is 5.91. The molecule has 1 rings (SSSR count). The maximum absolute atomic E-state index is 12.3. The number of nitrogens with one attached hydrogen (secondary N) is 1. The van der Waals surface area contributed by atoms with Crippen molar-refractivity contribution in [2.45, 2.75) is 26.3 Å². The normalized spacial score (nSPS) is 11.0. The molecule has 1 aromatic rings. The van der Waals surface area contributed by atoms with Crippen molar-refractivity contribution in [3.63, 3.8) is 0 Å². The molecule has 1 N–H and O–H groups in total. The molecule has 0 fully saturated rings. The van der Waals surface area contributed by atoms with Gasteiger partial charge in [0.05, 0.1) is 22.1 Å². The Hall–Kier alpha value is -2.15. The van der Waals surface area contributed by atoms with E-state index in [0.29, 0.717) is 0 Å². The van der Waals surface area contributed by atoms with Gasteiger partial charge in [0.25, 0.3) is 11.6 Å². The van der Waals surface area contributed by atoms with E-state index in [-0.39, 0.29) is 28.7 Å². The van der Waals surface area contributed by atoms with E-state index in [0.717, 1.165) is 11.0 Å². The molecule has 0 aliphatic rings. The van der Waals surface area contributed by atoms with Crippen LogP contribution in [0.2, 0.25) is 5.02 Å². The predicted octanol–water partition coefficient (Wildman–Crippen LogP) is 2.23. The molecule has 0 saturated heterocycles. The molecule has 7 nitrogen and oxygen atoms in total. The summed E-state index contributed by atoms with van der Waals surface area (Å²) in [6.07, 6.45) is 0. The molecule has 120 valence electrons. The Morgan fingerprint density at radius 1 is 1.36 bits per heavy atom. The summed E-state index contributed by atoms with van der Waals surface area (Å²) < 4.78 is 0. The second-order valence-corrected chi connectivity index (χ2v) is 6.29. The van der Waals surface area contributed by atoms with Crippen LogP contribution in [-0.2, 0) is 4.79 Å². The zero-order valence-electron chi connectivity index (χ0n) is 12.8. The van der Waals surface area contributed by atoms with Crippen molar-refractivity contribution in [2.24, 2.45) is 0 Å². The van der Waals surface area contributed by atoms with Crippen LogP contribution in [0, 0.1) is 10.1 Å². The Labute approximate surface area is 133 Å². The number of carbonyl (C=O) groups excluding carboxylic acids is 2. The van der Waals surface area contributed by atoms with Gasteiger partial charge in [0, 0.05) is 24.7 Å². The SMILES string of the molecule is CN(CC(=O)NC(C)(C)C)C(=O)c1cc([N+](=O)[O-])ccc1Cl. The summed E-state index contributed by atoms with van der Waals surface area (Å²) in [6.45, 7) is 5.30. The van der Waals surface area contributed by atoms with Crippen LogP contribution >= 0.6 is 11.6 Å². The number of rotatable bonds is 4. The second-order valence-electron chi connectivity index (χ2n) is 5.88. The summed E-state index contributed by atoms with van der Waals surface area (Å²) in [7, 11) is 1.43. The molecule has 22 heavy (non-hydrogen) atoms. The fourth-order valence-electron chi connectivity index (χ4n) is 1.74. The number of likely N-dealkylation sites (N-methyl/N-ethyl adjacent to an activating group) is 1. The van der Waals surface area contributed by atoms with Crippen LogP contribution in [0.4, 0.5) is 5.69 Å². The van der Waals surface area contributed by atoms with E-state index >= 15 is 0 Å². The average molecular weight is 328 g/mol. The molecular formula is C14H18ClN3O4. The van der Waals surface area contributed by atoms with Gasteiger partial charge in [-0.15, -0.1) is 0 Å². The van der Waals surface area contributed by atoms with Gasteiger partial charge in [-0.2, -0.15) is 0 Å². The summed E-state index contributed by atoms with van der Waals surface area (Å²) in [6, 6.07) is 3.60. The molecule has 0 atom stereocenters. The summed E-state index contributed by atoms with van der Waals surface area (Å²) in [5, 5.41) is 13.6.